The Morgan fingerprint density at radius 1 is 0.982 bits per heavy atom. The van der Waals surface area contributed by atoms with E-state index in [1.165, 1.54) is 19.9 Å². The van der Waals surface area contributed by atoms with Gasteiger partial charge in [-0.3, -0.25) is 19.2 Å². The number of allylic oxidation sites excluding steroid dienone is 3. The molecule has 0 aromatic carbocycles. The number of alkyl carbamates (subject to hydrolysis) is 1. The first-order valence-electron chi connectivity index (χ1n) is 18.9. The summed E-state index contributed by atoms with van der Waals surface area (Å²) in [5, 5.41) is 39.2. The maximum Gasteiger partial charge on any atom is 0.408 e. The lowest BCUT2D eigenvalue weighted by molar-refractivity contribution is -0.347. The van der Waals surface area contributed by atoms with E-state index in [1.54, 1.807) is 52.8 Å². The van der Waals surface area contributed by atoms with Crippen molar-refractivity contribution in [3.63, 3.8) is 0 Å². The average Bonchev–Trinajstić information content (AvgIpc) is 3.06. The Balaban J connectivity index is 1.75. The van der Waals surface area contributed by atoms with Gasteiger partial charge < -0.3 is 49.1 Å². The van der Waals surface area contributed by atoms with Gasteiger partial charge in [0.1, 0.15) is 29.5 Å². The molecule has 0 aromatic rings. The first-order valence-corrected chi connectivity index (χ1v) is 18.9. The van der Waals surface area contributed by atoms with Gasteiger partial charge in [0.15, 0.2) is 23.6 Å². The van der Waals surface area contributed by atoms with Gasteiger partial charge in [0.25, 0.3) is 0 Å². The fourth-order valence-electron chi connectivity index (χ4n) is 9.21. The molecule has 0 spiro atoms. The van der Waals surface area contributed by atoms with Crippen LogP contribution in [0.1, 0.15) is 94.4 Å². The lowest BCUT2D eigenvalue weighted by atomic mass is 9.44. The average molecular weight is 790 g/mol. The largest absolute Gasteiger partial charge is 0.459 e. The Morgan fingerprint density at radius 3 is 2.25 bits per heavy atom. The number of rotatable bonds is 3. The SMILES string of the molecule is CC(=O)OC1C(=O)C2(C)C(O)CC3OCC3(OC(C)=O)C2C2OC(=O)CC/C=C/C/C=C\C(NC(=O)OC(C)(C)C)C(O)C(=O)OC3CC2(O)C(C)(C)C1=C3C. The molecule has 56 heavy (non-hydrogen) atoms. The van der Waals surface area contributed by atoms with Gasteiger partial charge in [0.2, 0.25) is 0 Å². The summed E-state index contributed by atoms with van der Waals surface area (Å²) in [6, 6.07) is -1.35. The summed E-state index contributed by atoms with van der Waals surface area (Å²) in [7, 11) is 0. The van der Waals surface area contributed by atoms with Crippen molar-refractivity contribution in [1.29, 1.82) is 0 Å². The van der Waals surface area contributed by atoms with E-state index in [9.17, 15) is 39.3 Å². The minimum atomic E-state index is -2.32. The third-order valence-corrected chi connectivity index (χ3v) is 12.0. The van der Waals surface area contributed by atoms with E-state index in [2.05, 4.69) is 5.32 Å². The number of carbonyl (C=O) groups excluding carboxylic acids is 6. The molecular weight excluding hydrogens is 734 g/mol. The van der Waals surface area contributed by atoms with Gasteiger partial charge >= 0.3 is 30.0 Å². The minimum Gasteiger partial charge on any atom is -0.459 e. The number of aliphatic hydroxyl groups excluding tert-OH is 2. The standard InChI is InChI=1S/C40H55NO15/c1-20-24-18-40(50)33(54-27(45)16-14-12-10-11-13-15-23(29(46)34(48)53-24)41-35(49)56-36(4,5)6)31-38(9,25(44)17-26-39(31,19-51-26)55-22(3)43)32(47)30(52-21(2)42)28(20)37(40,7)8/h10,12-13,15,23-26,29-31,33,44,46,50H,11,14,16-19H2,1-9H3,(H,41,49)/b12-10+,15-13-. The highest BCUT2D eigenvalue weighted by molar-refractivity contribution is 5.95. The molecule has 2 saturated carbocycles. The molecule has 0 aromatic heterocycles. The van der Waals surface area contributed by atoms with E-state index in [-0.39, 0.29) is 43.4 Å². The Hall–Kier alpha value is -4.12. The van der Waals surface area contributed by atoms with E-state index in [0.717, 1.165) is 13.8 Å². The molecule has 310 valence electrons. The van der Waals surface area contributed by atoms with Gasteiger partial charge in [-0.05, 0) is 58.6 Å². The Kier molecular flexibility index (Phi) is 11.8. The molecule has 16 nitrogen and oxygen atoms in total. The molecule has 11 atom stereocenters. The second-order valence-electron chi connectivity index (χ2n) is 17.2. The zero-order chi connectivity index (χ0) is 41.8. The highest BCUT2D eigenvalue weighted by Crippen LogP contribution is 2.64. The van der Waals surface area contributed by atoms with Crippen molar-refractivity contribution in [1.82, 2.24) is 5.32 Å². The van der Waals surface area contributed by atoms with E-state index in [4.69, 9.17) is 28.4 Å². The van der Waals surface area contributed by atoms with E-state index in [0.29, 0.717) is 0 Å². The smallest absolute Gasteiger partial charge is 0.408 e. The number of nitrogens with one attached hydrogen (secondary N) is 1. The molecule has 3 bridgehead atoms. The Morgan fingerprint density at radius 2 is 1.66 bits per heavy atom. The van der Waals surface area contributed by atoms with Crippen LogP contribution in [0.4, 0.5) is 4.79 Å². The third kappa shape index (κ3) is 7.52. The van der Waals surface area contributed by atoms with Crippen molar-refractivity contribution >= 4 is 35.8 Å². The lowest BCUT2D eigenvalue weighted by Gasteiger charge is -2.67. The van der Waals surface area contributed by atoms with Crippen molar-refractivity contribution in [3.8, 4) is 0 Å². The fraction of sp³-hybridized carbons (Fsp3) is 0.700. The van der Waals surface area contributed by atoms with Crippen LogP contribution in [-0.2, 0) is 52.4 Å². The Labute approximate surface area is 325 Å². The van der Waals surface area contributed by atoms with Crippen molar-refractivity contribution in [2.45, 2.75) is 154 Å². The van der Waals surface area contributed by atoms with Crippen LogP contribution in [0.5, 0.6) is 0 Å². The van der Waals surface area contributed by atoms with Crippen molar-refractivity contribution in [2.24, 2.45) is 16.7 Å². The number of amides is 1. The van der Waals surface area contributed by atoms with Crippen LogP contribution in [0.15, 0.2) is 35.5 Å². The van der Waals surface area contributed by atoms with Gasteiger partial charge in [-0.25, -0.2) is 9.59 Å². The highest BCUT2D eigenvalue weighted by atomic mass is 16.6. The van der Waals surface area contributed by atoms with Crippen LogP contribution in [0.3, 0.4) is 0 Å². The van der Waals surface area contributed by atoms with Gasteiger partial charge in [-0.2, -0.15) is 0 Å². The molecule has 5 aliphatic rings. The second kappa shape index (κ2) is 15.3. The van der Waals surface area contributed by atoms with E-state index < -0.39 is 118 Å². The minimum absolute atomic E-state index is 0.0179. The van der Waals surface area contributed by atoms with Crippen LogP contribution in [0, 0.1) is 16.7 Å². The van der Waals surface area contributed by atoms with Gasteiger partial charge in [0.05, 0.1) is 30.1 Å². The monoisotopic (exact) mass is 789 g/mol. The molecular formula is C40H55NO15. The lowest BCUT2D eigenvalue weighted by Crippen LogP contribution is -2.82. The number of ketones is 1. The van der Waals surface area contributed by atoms with Crippen LogP contribution >= 0.6 is 0 Å². The van der Waals surface area contributed by atoms with Crippen molar-refractivity contribution in [3.05, 3.63) is 35.5 Å². The zero-order valence-electron chi connectivity index (χ0n) is 33.4. The Bertz CT molecular complexity index is 1720. The number of fused-ring (bicyclic) bond motifs is 6. The van der Waals surface area contributed by atoms with Gasteiger partial charge in [-0.15, -0.1) is 0 Å². The van der Waals surface area contributed by atoms with Crippen LogP contribution in [-0.4, -0.2) is 117 Å². The number of hydrogen-bond acceptors (Lipinski definition) is 15. The normalized spacial score (nSPS) is 39.8. The molecule has 3 fully saturated rings. The molecule has 4 N–H and O–H groups in total. The molecule has 5 rings (SSSR count). The maximum atomic E-state index is 15.3. The maximum absolute atomic E-state index is 15.3. The highest BCUT2D eigenvalue weighted by Gasteiger charge is 2.78. The predicted octanol–water partition coefficient (Wildman–Crippen LogP) is 2.44. The third-order valence-electron chi connectivity index (χ3n) is 12.0. The summed E-state index contributed by atoms with van der Waals surface area (Å²) < 4.78 is 35.2. The number of hydrogen-bond donors (Lipinski definition) is 4. The van der Waals surface area contributed by atoms with Gasteiger partial charge in [-0.1, -0.05) is 38.2 Å². The first kappa shape index (κ1) is 43.0. The molecule has 1 amide bonds. The summed E-state index contributed by atoms with van der Waals surface area (Å²) in [6.45, 7) is 12.9. The topological polar surface area (TPSA) is 231 Å². The van der Waals surface area contributed by atoms with Gasteiger partial charge in [0, 0.05) is 38.5 Å². The molecule has 1 saturated heterocycles. The van der Waals surface area contributed by atoms with Crippen LogP contribution in [0.2, 0.25) is 0 Å². The van der Waals surface area contributed by atoms with E-state index in [1.807, 2.05) is 0 Å². The summed E-state index contributed by atoms with van der Waals surface area (Å²) in [4.78, 5) is 81.5. The molecule has 2 aliphatic heterocycles. The molecule has 0 radical (unpaired) electrons. The molecule has 16 heteroatoms. The number of Topliss-reactive ketones (excluding diaryl/α,β-unsaturated/α-hetero) is 1. The molecule has 3 aliphatic carbocycles. The first-order chi connectivity index (χ1) is 25.9. The molecule has 2 heterocycles. The fourth-order valence-corrected chi connectivity index (χ4v) is 9.21. The number of esters is 4. The zero-order valence-corrected chi connectivity index (χ0v) is 33.4. The summed E-state index contributed by atoms with van der Waals surface area (Å²) in [6.07, 6.45) is -4.46. The second-order valence-corrected chi connectivity index (χ2v) is 17.2. The summed E-state index contributed by atoms with van der Waals surface area (Å²) in [5.41, 5.74) is -8.35. The molecule has 11 unspecified atom stereocenters. The summed E-state index contributed by atoms with van der Waals surface area (Å²) in [5.74, 6) is -5.99. The predicted molar refractivity (Wildman–Crippen MR) is 194 cm³/mol. The number of carbonyl (C=O) groups is 6. The van der Waals surface area contributed by atoms with Crippen LogP contribution in [0.25, 0.3) is 0 Å². The number of aliphatic hydroxyl groups is 3. The summed E-state index contributed by atoms with van der Waals surface area (Å²) >= 11 is 0. The quantitative estimate of drug-likeness (QED) is 0.183. The van der Waals surface area contributed by atoms with E-state index >= 15 is 4.79 Å². The van der Waals surface area contributed by atoms with Crippen molar-refractivity contribution in [2.75, 3.05) is 6.61 Å². The van der Waals surface area contributed by atoms with Crippen molar-refractivity contribution < 1.29 is 72.5 Å². The number of ether oxygens (including phenoxy) is 6. The van der Waals surface area contributed by atoms with Crippen LogP contribution < -0.4 is 5.32 Å².